The summed E-state index contributed by atoms with van der Waals surface area (Å²) in [5.74, 6) is 0. The van der Waals surface area contributed by atoms with E-state index in [1.165, 1.54) is 12.8 Å². The van der Waals surface area contributed by atoms with E-state index in [-0.39, 0.29) is 0 Å². The Kier molecular flexibility index (Phi) is 3.89. The van der Waals surface area contributed by atoms with Crippen LogP contribution >= 0.6 is 15.9 Å². The molecule has 0 aromatic heterocycles. The molecule has 17 heavy (non-hydrogen) atoms. The Balaban J connectivity index is 2.38. The van der Waals surface area contributed by atoms with E-state index in [1.807, 2.05) is 25.1 Å². The fourth-order valence-corrected chi connectivity index (χ4v) is 2.44. The lowest BCUT2D eigenvalue weighted by Gasteiger charge is -2.27. The minimum atomic E-state index is -0.441. The smallest absolute Gasteiger partial charge is 0.0782 e. The Labute approximate surface area is 111 Å². The van der Waals surface area contributed by atoms with Gasteiger partial charge in [0.1, 0.15) is 0 Å². The van der Waals surface area contributed by atoms with Crippen LogP contribution in [0.3, 0.4) is 0 Å². The van der Waals surface area contributed by atoms with Gasteiger partial charge in [-0.15, -0.1) is 6.58 Å². The third kappa shape index (κ3) is 2.90. The van der Waals surface area contributed by atoms with Gasteiger partial charge in [-0.25, -0.2) is 0 Å². The Bertz CT molecular complexity index is 413. The van der Waals surface area contributed by atoms with Crippen molar-refractivity contribution in [3.8, 4) is 0 Å². The molecular formula is C14H18BrNO. The number of aliphatic hydroxyl groups excluding tert-OH is 1. The van der Waals surface area contributed by atoms with E-state index in [1.54, 1.807) is 0 Å². The summed E-state index contributed by atoms with van der Waals surface area (Å²) in [4.78, 5) is 2.33. The van der Waals surface area contributed by atoms with Crippen LogP contribution in [0.2, 0.25) is 0 Å². The molecule has 1 unspecified atom stereocenters. The zero-order valence-electron chi connectivity index (χ0n) is 10.1. The van der Waals surface area contributed by atoms with Gasteiger partial charge in [0.05, 0.1) is 6.10 Å². The van der Waals surface area contributed by atoms with Gasteiger partial charge in [-0.05, 0) is 31.9 Å². The molecule has 0 spiro atoms. The summed E-state index contributed by atoms with van der Waals surface area (Å²) in [5, 5.41) is 9.85. The number of aliphatic hydroxyl groups is 1. The Hall–Kier alpha value is -0.800. The first kappa shape index (κ1) is 12.7. The van der Waals surface area contributed by atoms with Crippen molar-refractivity contribution in [1.29, 1.82) is 0 Å². The summed E-state index contributed by atoms with van der Waals surface area (Å²) >= 11 is 3.50. The molecule has 1 N–H and O–H groups in total. The lowest BCUT2D eigenvalue weighted by Crippen LogP contribution is -2.27. The van der Waals surface area contributed by atoms with E-state index in [2.05, 4.69) is 33.5 Å². The Morgan fingerprint density at radius 2 is 2.29 bits per heavy atom. The first-order valence-electron chi connectivity index (χ1n) is 5.98. The fraction of sp³-hybridized carbons (Fsp3) is 0.429. The SMILES string of the molecule is C=CCN(c1cc(Br)ccc1C(C)O)C1CC1. The summed E-state index contributed by atoms with van der Waals surface area (Å²) in [5.41, 5.74) is 2.11. The first-order chi connectivity index (χ1) is 8.13. The standard InChI is InChI=1S/C14H18BrNO/c1-3-8-16(12-5-6-12)14-9-11(15)4-7-13(14)10(2)17/h3-4,7,9-10,12,17H,1,5-6,8H2,2H3. The zero-order valence-corrected chi connectivity index (χ0v) is 11.7. The van der Waals surface area contributed by atoms with Crippen molar-refractivity contribution in [3.05, 3.63) is 40.9 Å². The van der Waals surface area contributed by atoms with Crippen molar-refractivity contribution in [3.63, 3.8) is 0 Å². The van der Waals surface area contributed by atoms with Gasteiger partial charge in [-0.2, -0.15) is 0 Å². The molecule has 1 aliphatic carbocycles. The van der Waals surface area contributed by atoms with Gasteiger partial charge < -0.3 is 10.0 Å². The maximum absolute atomic E-state index is 9.85. The number of hydrogen-bond acceptors (Lipinski definition) is 2. The van der Waals surface area contributed by atoms with Crippen LogP contribution in [0.4, 0.5) is 5.69 Å². The molecule has 0 radical (unpaired) electrons. The van der Waals surface area contributed by atoms with Crippen LogP contribution < -0.4 is 4.90 Å². The molecule has 2 nitrogen and oxygen atoms in total. The van der Waals surface area contributed by atoms with E-state index in [9.17, 15) is 5.11 Å². The van der Waals surface area contributed by atoms with Crippen LogP contribution in [0.5, 0.6) is 0 Å². The van der Waals surface area contributed by atoms with E-state index in [4.69, 9.17) is 0 Å². The normalized spacial score (nSPS) is 16.6. The minimum Gasteiger partial charge on any atom is -0.389 e. The summed E-state index contributed by atoms with van der Waals surface area (Å²) in [6.45, 7) is 6.46. The predicted octanol–water partition coefficient (Wildman–Crippen LogP) is 3.66. The van der Waals surface area contributed by atoms with Crippen molar-refractivity contribution in [2.24, 2.45) is 0 Å². The maximum atomic E-state index is 9.85. The molecule has 0 bridgehead atoms. The Morgan fingerprint density at radius 1 is 1.59 bits per heavy atom. The highest BCUT2D eigenvalue weighted by Crippen LogP contribution is 2.37. The number of hydrogen-bond donors (Lipinski definition) is 1. The summed E-state index contributed by atoms with van der Waals surface area (Å²) in [6.07, 6.45) is 3.95. The van der Waals surface area contributed by atoms with E-state index in [0.29, 0.717) is 6.04 Å². The molecule has 3 heteroatoms. The van der Waals surface area contributed by atoms with Crippen molar-refractivity contribution < 1.29 is 5.11 Å². The molecule has 1 saturated carbocycles. The van der Waals surface area contributed by atoms with Gasteiger partial charge in [-0.1, -0.05) is 28.1 Å². The number of nitrogens with zero attached hydrogens (tertiary/aromatic N) is 1. The molecule has 1 aromatic carbocycles. The topological polar surface area (TPSA) is 23.5 Å². The molecule has 0 aliphatic heterocycles. The summed E-state index contributed by atoms with van der Waals surface area (Å²) in [7, 11) is 0. The summed E-state index contributed by atoms with van der Waals surface area (Å²) < 4.78 is 1.05. The van der Waals surface area contributed by atoms with Gasteiger partial charge in [0, 0.05) is 28.3 Å². The third-order valence-electron chi connectivity index (χ3n) is 3.07. The molecule has 92 valence electrons. The van der Waals surface area contributed by atoms with Gasteiger partial charge in [0.2, 0.25) is 0 Å². The summed E-state index contributed by atoms with van der Waals surface area (Å²) in [6, 6.07) is 6.66. The second-order valence-corrected chi connectivity index (χ2v) is 5.47. The molecule has 1 aliphatic rings. The third-order valence-corrected chi connectivity index (χ3v) is 3.56. The molecule has 1 atom stereocenters. The molecule has 1 fully saturated rings. The molecule has 0 saturated heterocycles. The number of anilines is 1. The molecule has 2 rings (SSSR count). The van der Waals surface area contributed by atoms with Crippen LogP contribution in [-0.4, -0.2) is 17.7 Å². The van der Waals surface area contributed by atoms with E-state index < -0.39 is 6.10 Å². The largest absolute Gasteiger partial charge is 0.389 e. The average Bonchev–Trinajstić information content (AvgIpc) is 3.09. The van der Waals surface area contributed by atoms with Gasteiger partial charge >= 0.3 is 0 Å². The second-order valence-electron chi connectivity index (χ2n) is 4.55. The van der Waals surface area contributed by atoms with Crippen LogP contribution in [0.1, 0.15) is 31.4 Å². The predicted molar refractivity (Wildman–Crippen MR) is 75.3 cm³/mol. The molecular weight excluding hydrogens is 278 g/mol. The molecule has 0 amide bonds. The van der Waals surface area contributed by atoms with E-state index in [0.717, 1.165) is 22.3 Å². The monoisotopic (exact) mass is 295 g/mol. The second kappa shape index (κ2) is 5.23. The molecule has 0 heterocycles. The highest BCUT2D eigenvalue weighted by atomic mass is 79.9. The first-order valence-corrected chi connectivity index (χ1v) is 6.78. The van der Waals surface area contributed by atoms with Gasteiger partial charge in [-0.3, -0.25) is 0 Å². The fourth-order valence-electron chi connectivity index (χ4n) is 2.09. The van der Waals surface area contributed by atoms with Crippen LogP contribution in [0.25, 0.3) is 0 Å². The van der Waals surface area contributed by atoms with Gasteiger partial charge in [0.25, 0.3) is 0 Å². The zero-order chi connectivity index (χ0) is 12.4. The van der Waals surface area contributed by atoms with Crippen LogP contribution in [0.15, 0.2) is 35.3 Å². The van der Waals surface area contributed by atoms with Crippen molar-refractivity contribution >= 4 is 21.6 Å². The highest BCUT2D eigenvalue weighted by molar-refractivity contribution is 9.10. The van der Waals surface area contributed by atoms with Crippen molar-refractivity contribution in [2.75, 3.05) is 11.4 Å². The molecule has 1 aromatic rings. The minimum absolute atomic E-state index is 0.441. The van der Waals surface area contributed by atoms with Gasteiger partial charge in [0.15, 0.2) is 0 Å². The number of halogens is 1. The van der Waals surface area contributed by atoms with Crippen LogP contribution in [0, 0.1) is 0 Å². The lowest BCUT2D eigenvalue weighted by molar-refractivity contribution is 0.199. The quantitative estimate of drug-likeness (QED) is 0.838. The average molecular weight is 296 g/mol. The number of rotatable bonds is 5. The lowest BCUT2D eigenvalue weighted by atomic mass is 10.1. The van der Waals surface area contributed by atoms with E-state index >= 15 is 0 Å². The Morgan fingerprint density at radius 3 is 2.82 bits per heavy atom. The van der Waals surface area contributed by atoms with Crippen molar-refractivity contribution in [1.82, 2.24) is 0 Å². The highest BCUT2D eigenvalue weighted by Gasteiger charge is 2.30. The van der Waals surface area contributed by atoms with Crippen molar-refractivity contribution in [2.45, 2.75) is 31.9 Å². The number of benzene rings is 1. The van der Waals surface area contributed by atoms with Crippen LogP contribution in [-0.2, 0) is 0 Å². The maximum Gasteiger partial charge on any atom is 0.0782 e.